The molecule has 3 heteroatoms. The monoisotopic (exact) mass is 158 g/mol. The maximum atomic E-state index is 10.3. The highest BCUT2D eigenvalue weighted by atomic mass is 16.6. The fraction of sp³-hybridized carbons (Fsp3) is 0.875. The first kappa shape index (κ1) is 8.53. The van der Waals surface area contributed by atoms with Gasteiger partial charge in [-0.05, 0) is 6.42 Å². The summed E-state index contributed by atoms with van der Waals surface area (Å²) in [6.07, 6.45) is 3.86. The Balaban J connectivity index is 2.00. The number of hydrogen-bond acceptors (Lipinski definition) is 2. The molecule has 0 spiro atoms. The van der Waals surface area contributed by atoms with Crippen molar-refractivity contribution in [2.45, 2.75) is 44.8 Å². The lowest BCUT2D eigenvalue weighted by molar-refractivity contribution is -0.138. The molecule has 1 saturated heterocycles. The van der Waals surface area contributed by atoms with Gasteiger partial charge in [0.1, 0.15) is 0 Å². The Kier molecular flexibility index (Phi) is 2.88. The summed E-state index contributed by atoms with van der Waals surface area (Å²) < 4.78 is 4.93. The molecule has 0 aliphatic carbocycles. The number of epoxide rings is 1. The Bertz CT molecular complexity index is 144. The van der Waals surface area contributed by atoms with E-state index in [1.165, 1.54) is 12.8 Å². The van der Waals surface area contributed by atoms with E-state index >= 15 is 0 Å². The summed E-state index contributed by atoms with van der Waals surface area (Å²) in [5.41, 5.74) is 0. The molecule has 0 bridgehead atoms. The van der Waals surface area contributed by atoms with E-state index in [9.17, 15) is 4.79 Å². The Morgan fingerprint density at radius 2 is 2.27 bits per heavy atom. The van der Waals surface area contributed by atoms with Crippen molar-refractivity contribution in [1.82, 2.24) is 0 Å². The molecular formula is C8H14O3. The molecule has 1 heterocycles. The van der Waals surface area contributed by atoms with Gasteiger partial charge in [-0.3, -0.25) is 0 Å². The van der Waals surface area contributed by atoms with Crippen molar-refractivity contribution in [1.29, 1.82) is 0 Å². The molecule has 64 valence electrons. The van der Waals surface area contributed by atoms with E-state index in [-0.39, 0.29) is 6.10 Å². The lowest BCUT2D eigenvalue weighted by atomic mass is 10.1. The lowest BCUT2D eigenvalue weighted by Gasteiger charge is -1.92. The zero-order chi connectivity index (χ0) is 8.27. The molecule has 2 unspecified atom stereocenters. The van der Waals surface area contributed by atoms with Crippen LogP contribution in [-0.4, -0.2) is 23.3 Å². The highest BCUT2D eigenvalue weighted by Crippen LogP contribution is 2.27. The molecule has 0 aromatic carbocycles. The highest BCUT2D eigenvalue weighted by Gasteiger charge is 2.44. The van der Waals surface area contributed by atoms with Crippen LogP contribution in [0.5, 0.6) is 0 Å². The summed E-state index contributed by atoms with van der Waals surface area (Å²) in [5, 5.41) is 8.46. The lowest BCUT2D eigenvalue weighted by Crippen LogP contribution is -2.07. The minimum atomic E-state index is -0.813. The Morgan fingerprint density at radius 3 is 2.73 bits per heavy atom. The molecule has 1 rings (SSSR count). The quantitative estimate of drug-likeness (QED) is 0.486. The number of ether oxygens (including phenoxy) is 1. The van der Waals surface area contributed by atoms with E-state index < -0.39 is 12.1 Å². The standard InChI is InChI=1S/C8H14O3/c1-2-3-4-5-6-7(11-6)8(9)10/h6-7H,2-5H2,1H3,(H,9,10). The van der Waals surface area contributed by atoms with Crippen molar-refractivity contribution in [3.63, 3.8) is 0 Å². The molecule has 0 radical (unpaired) electrons. The zero-order valence-corrected chi connectivity index (χ0v) is 6.75. The van der Waals surface area contributed by atoms with Crippen LogP contribution in [0, 0.1) is 0 Å². The smallest absolute Gasteiger partial charge is 0.335 e. The predicted octanol–water partition coefficient (Wildman–Crippen LogP) is 1.42. The van der Waals surface area contributed by atoms with Gasteiger partial charge in [0.25, 0.3) is 0 Å². The van der Waals surface area contributed by atoms with Crippen molar-refractivity contribution >= 4 is 5.97 Å². The molecule has 0 aromatic heterocycles. The van der Waals surface area contributed by atoms with Crippen molar-refractivity contribution in [3.05, 3.63) is 0 Å². The molecule has 1 fully saturated rings. The molecule has 1 aliphatic rings. The molecule has 1 N–H and O–H groups in total. The zero-order valence-electron chi connectivity index (χ0n) is 6.75. The first-order valence-electron chi connectivity index (χ1n) is 4.14. The number of unbranched alkanes of at least 4 members (excludes halogenated alkanes) is 2. The van der Waals surface area contributed by atoms with Crippen LogP contribution < -0.4 is 0 Å². The third-order valence-corrected chi connectivity index (χ3v) is 1.92. The van der Waals surface area contributed by atoms with Gasteiger partial charge in [0.05, 0.1) is 6.10 Å². The molecule has 0 saturated carbocycles. The molecule has 3 nitrogen and oxygen atoms in total. The minimum absolute atomic E-state index is 0.0130. The Hall–Kier alpha value is -0.570. The van der Waals surface area contributed by atoms with Crippen molar-refractivity contribution < 1.29 is 14.6 Å². The number of rotatable bonds is 5. The summed E-state index contributed by atoms with van der Waals surface area (Å²) >= 11 is 0. The number of hydrogen-bond donors (Lipinski definition) is 1. The van der Waals surface area contributed by atoms with E-state index in [2.05, 4.69) is 6.92 Å². The summed E-state index contributed by atoms with van der Waals surface area (Å²) in [6, 6.07) is 0. The normalized spacial score (nSPS) is 28.5. The first-order chi connectivity index (χ1) is 5.25. The molecule has 0 aromatic rings. The van der Waals surface area contributed by atoms with Crippen LogP contribution in [0.3, 0.4) is 0 Å². The molecular weight excluding hydrogens is 144 g/mol. The van der Waals surface area contributed by atoms with Gasteiger partial charge in [-0.2, -0.15) is 0 Å². The van der Waals surface area contributed by atoms with Crippen molar-refractivity contribution in [3.8, 4) is 0 Å². The fourth-order valence-electron chi connectivity index (χ4n) is 1.18. The molecule has 2 atom stereocenters. The maximum Gasteiger partial charge on any atom is 0.335 e. The molecule has 0 amide bonds. The SMILES string of the molecule is CCCCCC1OC1C(=O)O. The van der Waals surface area contributed by atoms with Crippen molar-refractivity contribution in [2.75, 3.05) is 0 Å². The van der Waals surface area contributed by atoms with Crippen LogP contribution >= 0.6 is 0 Å². The van der Waals surface area contributed by atoms with Gasteiger partial charge in [0.15, 0.2) is 6.10 Å². The average molecular weight is 158 g/mol. The second-order valence-electron chi connectivity index (χ2n) is 2.93. The topological polar surface area (TPSA) is 49.8 Å². The van der Waals surface area contributed by atoms with Gasteiger partial charge >= 0.3 is 5.97 Å². The van der Waals surface area contributed by atoms with Crippen LogP contribution in [0.4, 0.5) is 0 Å². The highest BCUT2D eigenvalue weighted by molar-refractivity contribution is 5.75. The molecule has 1 aliphatic heterocycles. The van der Waals surface area contributed by atoms with Gasteiger partial charge in [-0.25, -0.2) is 4.79 Å². The van der Waals surface area contributed by atoms with Gasteiger partial charge < -0.3 is 9.84 Å². The number of carboxylic acid groups (broad SMARTS) is 1. The van der Waals surface area contributed by atoms with Gasteiger partial charge in [0, 0.05) is 0 Å². The second kappa shape index (κ2) is 3.72. The first-order valence-corrected chi connectivity index (χ1v) is 4.14. The summed E-state index contributed by atoms with van der Waals surface area (Å²) in [7, 11) is 0. The van der Waals surface area contributed by atoms with E-state index in [1.807, 2.05) is 0 Å². The average Bonchev–Trinajstić information content (AvgIpc) is 2.68. The van der Waals surface area contributed by atoms with Crippen LogP contribution in [0.15, 0.2) is 0 Å². The Labute approximate surface area is 66.4 Å². The van der Waals surface area contributed by atoms with Gasteiger partial charge in [-0.15, -0.1) is 0 Å². The summed E-state index contributed by atoms with van der Waals surface area (Å²) in [4.78, 5) is 10.3. The number of carboxylic acids is 1. The third kappa shape index (κ3) is 2.50. The summed E-state index contributed by atoms with van der Waals surface area (Å²) in [6.45, 7) is 2.13. The van der Waals surface area contributed by atoms with Crippen LogP contribution in [0.2, 0.25) is 0 Å². The predicted molar refractivity (Wildman–Crippen MR) is 40.4 cm³/mol. The maximum absolute atomic E-state index is 10.3. The van der Waals surface area contributed by atoms with Crippen LogP contribution in [0.1, 0.15) is 32.6 Å². The van der Waals surface area contributed by atoms with E-state index in [0.717, 1.165) is 12.8 Å². The van der Waals surface area contributed by atoms with Crippen LogP contribution in [-0.2, 0) is 9.53 Å². The van der Waals surface area contributed by atoms with E-state index in [4.69, 9.17) is 9.84 Å². The van der Waals surface area contributed by atoms with E-state index in [1.54, 1.807) is 0 Å². The number of aliphatic carboxylic acids is 1. The summed E-state index contributed by atoms with van der Waals surface area (Å²) in [5.74, 6) is -0.813. The minimum Gasteiger partial charge on any atom is -0.479 e. The number of carbonyl (C=O) groups is 1. The van der Waals surface area contributed by atoms with Crippen molar-refractivity contribution in [2.24, 2.45) is 0 Å². The van der Waals surface area contributed by atoms with E-state index in [0.29, 0.717) is 0 Å². The fourth-order valence-corrected chi connectivity index (χ4v) is 1.18. The van der Waals surface area contributed by atoms with Gasteiger partial charge in [-0.1, -0.05) is 26.2 Å². The largest absolute Gasteiger partial charge is 0.479 e. The Morgan fingerprint density at radius 1 is 1.55 bits per heavy atom. The van der Waals surface area contributed by atoms with Gasteiger partial charge in [0.2, 0.25) is 0 Å². The second-order valence-corrected chi connectivity index (χ2v) is 2.93. The molecule has 11 heavy (non-hydrogen) atoms. The third-order valence-electron chi connectivity index (χ3n) is 1.92. The van der Waals surface area contributed by atoms with Crippen LogP contribution in [0.25, 0.3) is 0 Å².